The molecule has 1 aliphatic heterocycles. The quantitative estimate of drug-likeness (QED) is 0.794. The van der Waals surface area contributed by atoms with E-state index in [-0.39, 0.29) is 11.4 Å². The van der Waals surface area contributed by atoms with E-state index in [0.717, 1.165) is 11.8 Å². The highest BCUT2D eigenvalue weighted by molar-refractivity contribution is 6.02. The Morgan fingerprint density at radius 2 is 2.16 bits per heavy atom. The number of pyridine rings is 1. The van der Waals surface area contributed by atoms with Crippen LogP contribution in [0.4, 0.5) is 20.2 Å². The maximum absolute atomic E-state index is 13.9. The largest absolute Gasteiger partial charge is 0.373 e. The molecule has 0 saturated carbocycles. The summed E-state index contributed by atoms with van der Waals surface area (Å²) in [6.07, 6.45) is 5.42. The molecule has 1 unspecified atom stereocenters. The summed E-state index contributed by atoms with van der Waals surface area (Å²) in [5, 5.41) is 7.49. The Labute approximate surface area is 142 Å². The van der Waals surface area contributed by atoms with Crippen LogP contribution in [-0.2, 0) is 11.8 Å². The summed E-state index contributed by atoms with van der Waals surface area (Å²) >= 11 is 0. The summed E-state index contributed by atoms with van der Waals surface area (Å²) in [7, 11) is 1.78. The summed E-state index contributed by atoms with van der Waals surface area (Å²) in [6.45, 7) is 0.550. The predicted octanol–water partition coefficient (Wildman–Crippen LogP) is 2.46. The van der Waals surface area contributed by atoms with Gasteiger partial charge in [0.1, 0.15) is 17.4 Å². The van der Waals surface area contributed by atoms with Crippen LogP contribution in [0.3, 0.4) is 0 Å². The molecular weight excluding hydrogens is 328 g/mol. The van der Waals surface area contributed by atoms with Gasteiger partial charge < -0.3 is 10.2 Å². The molecule has 1 saturated heterocycles. The van der Waals surface area contributed by atoms with E-state index < -0.39 is 17.7 Å². The minimum atomic E-state index is -0.728. The summed E-state index contributed by atoms with van der Waals surface area (Å²) < 4.78 is 29.1. The van der Waals surface area contributed by atoms with Crippen molar-refractivity contribution in [3.05, 3.63) is 48.4 Å². The molecule has 128 valence electrons. The number of aryl methyl sites for hydroxylation is 1. The molecule has 4 rings (SSSR count). The fourth-order valence-corrected chi connectivity index (χ4v) is 3.11. The van der Waals surface area contributed by atoms with E-state index in [9.17, 15) is 13.6 Å². The second-order valence-corrected chi connectivity index (χ2v) is 5.99. The molecular formula is C17H15F2N5O. The van der Waals surface area contributed by atoms with Crippen LogP contribution >= 0.6 is 0 Å². The smallest absolute Gasteiger partial charge is 0.249 e. The van der Waals surface area contributed by atoms with Crippen molar-refractivity contribution in [1.82, 2.24) is 14.8 Å². The molecule has 3 aromatic rings. The fraction of sp³-hybridized carbons (Fsp3) is 0.235. The van der Waals surface area contributed by atoms with Gasteiger partial charge in [0.05, 0.1) is 11.9 Å². The summed E-state index contributed by atoms with van der Waals surface area (Å²) in [5.41, 5.74) is 1.28. The molecule has 1 aliphatic rings. The van der Waals surface area contributed by atoms with Crippen LogP contribution in [0, 0.1) is 11.6 Å². The average molecular weight is 343 g/mol. The first-order valence-electron chi connectivity index (χ1n) is 7.83. The Morgan fingerprint density at radius 3 is 2.92 bits per heavy atom. The number of carbonyl (C=O) groups is 1. The van der Waals surface area contributed by atoms with Gasteiger partial charge in [-0.3, -0.25) is 14.5 Å². The number of anilines is 2. The molecule has 0 aliphatic carbocycles. The van der Waals surface area contributed by atoms with Crippen LogP contribution in [0.1, 0.15) is 6.42 Å². The van der Waals surface area contributed by atoms with Crippen LogP contribution < -0.4 is 10.2 Å². The van der Waals surface area contributed by atoms with Gasteiger partial charge in [0, 0.05) is 43.1 Å². The first kappa shape index (κ1) is 15.5. The third-order valence-corrected chi connectivity index (χ3v) is 4.30. The molecule has 1 atom stereocenters. The highest BCUT2D eigenvalue weighted by atomic mass is 19.1. The van der Waals surface area contributed by atoms with Crippen molar-refractivity contribution in [2.45, 2.75) is 12.5 Å². The molecule has 0 radical (unpaired) electrons. The van der Waals surface area contributed by atoms with Crippen molar-refractivity contribution in [3.63, 3.8) is 0 Å². The van der Waals surface area contributed by atoms with Gasteiger partial charge in [-0.15, -0.1) is 0 Å². The van der Waals surface area contributed by atoms with Crippen molar-refractivity contribution < 1.29 is 13.6 Å². The Morgan fingerprint density at radius 1 is 1.32 bits per heavy atom. The predicted molar refractivity (Wildman–Crippen MR) is 89.2 cm³/mol. The number of halogens is 2. The molecule has 3 heterocycles. The molecule has 6 nitrogen and oxygen atoms in total. The first-order valence-corrected chi connectivity index (χ1v) is 7.83. The Bertz CT molecular complexity index is 971. The Hall–Kier alpha value is -3.03. The van der Waals surface area contributed by atoms with Crippen molar-refractivity contribution in [2.75, 3.05) is 16.8 Å². The number of hydrogen-bond acceptors (Lipinski definition) is 4. The van der Waals surface area contributed by atoms with Crippen LogP contribution in [0.15, 0.2) is 36.8 Å². The number of aromatic nitrogens is 3. The van der Waals surface area contributed by atoms with Crippen molar-refractivity contribution in [2.24, 2.45) is 7.05 Å². The number of rotatable bonds is 3. The van der Waals surface area contributed by atoms with E-state index in [1.807, 2.05) is 0 Å². The number of nitrogens with zero attached hydrogens (tertiary/aromatic N) is 4. The zero-order valence-electron chi connectivity index (χ0n) is 13.4. The number of nitrogens with one attached hydrogen (secondary N) is 1. The fourth-order valence-electron chi connectivity index (χ4n) is 3.11. The number of amides is 1. The van der Waals surface area contributed by atoms with Gasteiger partial charge in [-0.1, -0.05) is 0 Å². The van der Waals surface area contributed by atoms with Gasteiger partial charge in [-0.2, -0.15) is 5.10 Å². The summed E-state index contributed by atoms with van der Waals surface area (Å²) in [5.74, 6) is -1.51. The van der Waals surface area contributed by atoms with E-state index in [0.29, 0.717) is 24.0 Å². The van der Waals surface area contributed by atoms with Crippen LogP contribution in [0.25, 0.3) is 10.9 Å². The van der Waals surface area contributed by atoms with E-state index >= 15 is 0 Å². The molecule has 1 amide bonds. The molecule has 1 fully saturated rings. The SMILES string of the molecule is Cn1cc(N2CCC(Nc3ccnc4c(F)cc(F)cc34)C2=O)cn1. The monoisotopic (exact) mass is 343 g/mol. The molecule has 25 heavy (non-hydrogen) atoms. The third kappa shape index (κ3) is 2.69. The van der Waals surface area contributed by atoms with Crippen molar-refractivity contribution in [3.8, 4) is 0 Å². The molecule has 0 bridgehead atoms. The molecule has 0 spiro atoms. The molecule has 2 aromatic heterocycles. The van der Waals surface area contributed by atoms with E-state index in [1.165, 1.54) is 12.3 Å². The van der Waals surface area contributed by atoms with E-state index in [1.54, 1.807) is 35.1 Å². The third-order valence-electron chi connectivity index (χ3n) is 4.30. The first-order chi connectivity index (χ1) is 12.0. The second-order valence-electron chi connectivity index (χ2n) is 5.99. The van der Waals surface area contributed by atoms with Gasteiger partial charge in [-0.25, -0.2) is 8.78 Å². The van der Waals surface area contributed by atoms with E-state index in [2.05, 4.69) is 15.4 Å². The van der Waals surface area contributed by atoms with Crippen LogP contribution in [0.2, 0.25) is 0 Å². The van der Waals surface area contributed by atoms with Gasteiger partial charge in [0.25, 0.3) is 0 Å². The molecule has 1 aromatic carbocycles. The lowest BCUT2D eigenvalue weighted by Crippen LogP contribution is -2.33. The number of benzene rings is 1. The van der Waals surface area contributed by atoms with Gasteiger partial charge >= 0.3 is 0 Å². The maximum Gasteiger partial charge on any atom is 0.249 e. The topological polar surface area (TPSA) is 63.1 Å². The Balaban J connectivity index is 1.63. The normalized spacial score (nSPS) is 17.5. The average Bonchev–Trinajstić information content (AvgIpc) is 3.15. The molecule has 1 N–H and O–H groups in total. The highest BCUT2D eigenvalue weighted by Crippen LogP contribution is 2.28. The van der Waals surface area contributed by atoms with Crippen molar-refractivity contribution >= 4 is 28.2 Å². The minimum absolute atomic E-state index is 0.0703. The number of hydrogen-bond donors (Lipinski definition) is 1. The van der Waals surface area contributed by atoms with Crippen LogP contribution in [0.5, 0.6) is 0 Å². The molecule has 8 heteroatoms. The van der Waals surface area contributed by atoms with Gasteiger partial charge in [0.2, 0.25) is 5.91 Å². The minimum Gasteiger partial charge on any atom is -0.373 e. The maximum atomic E-state index is 13.9. The van der Waals surface area contributed by atoms with Crippen LogP contribution in [-0.4, -0.2) is 33.3 Å². The zero-order valence-corrected chi connectivity index (χ0v) is 13.4. The summed E-state index contributed by atoms with van der Waals surface area (Å²) in [4.78, 5) is 18.3. The lowest BCUT2D eigenvalue weighted by Gasteiger charge is -2.17. The lowest BCUT2D eigenvalue weighted by atomic mass is 10.1. The van der Waals surface area contributed by atoms with Gasteiger partial charge in [-0.05, 0) is 18.6 Å². The highest BCUT2D eigenvalue weighted by Gasteiger charge is 2.33. The van der Waals surface area contributed by atoms with E-state index in [4.69, 9.17) is 0 Å². The Kier molecular flexibility index (Phi) is 3.60. The lowest BCUT2D eigenvalue weighted by molar-refractivity contribution is -0.117. The number of fused-ring (bicyclic) bond motifs is 1. The van der Waals surface area contributed by atoms with Crippen molar-refractivity contribution in [1.29, 1.82) is 0 Å². The van der Waals surface area contributed by atoms with Gasteiger partial charge in [0.15, 0.2) is 5.82 Å². The summed E-state index contributed by atoms with van der Waals surface area (Å²) in [6, 6.07) is 3.15. The zero-order chi connectivity index (χ0) is 17.6. The standard InChI is InChI=1S/C17H15F2N5O/c1-23-9-11(8-21-23)24-5-3-15(17(24)25)22-14-2-4-20-16-12(14)6-10(18)7-13(16)19/h2,4,6-9,15H,3,5H2,1H3,(H,20,22). The second kappa shape index (κ2) is 5.80. The number of carbonyl (C=O) groups excluding carboxylic acids is 1.